The van der Waals surface area contributed by atoms with E-state index in [1.165, 1.54) is 33.2 Å². The van der Waals surface area contributed by atoms with Crippen molar-refractivity contribution in [2.24, 2.45) is 0 Å². The van der Waals surface area contributed by atoms with Crippen molar-refractivity contribution in [2.45, 2.75) is 24.9 Å². The highest BCUT2D eigenvalue weighted by Crippen LogP contribution is 2.43. The molecule has 2 heteroatoms. The molecule has 0 spiro atoms. The molecule has 0 radical (unpaired) electrons. The second kappa shape index (κ2) is 3.74. The number of hydrogen-bond acceptors (Lipinski definition) is 1. The van der Waals surface area contributed by atoms with Gasteiger partial charge in [0.15, 0.2) is 0 Å². The van der Waals surface area contributed by atoms with Crippen LogP contribution in [0.4, 0.5) is 0 Å². The smallest absolute Gasteiger partial charge is 0.0459 e. The fraction of sp³-hybridized carbons (Fsp3) is 0.222. The Bertz CT molecular complexity index is 815. The van der Waals surface area contributed by atoms with E-state index in [0.717, 1.165) is 13.0 Å². The maximum absolute atomic E-state index is 3.74. The Labute approximate surface area is 117 Å². The quantitative estimate of drug-likeness (QED) is 0.637. The van der Waals surface area contributed by atoms with Crippen LogP contribution in [0, 0.1) is 0 Å². The third kappa shape index (κ3) is 1.27. The molecule has 1 aromatic heterocycles. The summed E-state index contributed by atoms with van der Waals surface area (Å²) in [6, 6.07) is 16.1. The van der Waals surface area contributed by atoms with Crippen LogP contribution in [0.1, 0.15) is 28.2 Å². The molecule has 20 heavy (non-hydrogen) atoms. The van der Waals surface area contributed by atoms with Gasteiger partial charge in [-0.25, -0.2) is 0 Å². The minimum atomic E-state index is 0.493. The zero-order chi connectivity index (χ0) is 13.1. The summed E-state index contributed by atoms with van der Waals surface area (Å²) in [7, 11) is 0. The minimum Gasteiger partial charge on any atom is -0.361 e. The largest absolute Gasteiger partial charge is 0.361 e. The molecule has 5 rings (SSSR count). The van der Waals surface area contributed by atoms with Gasteiger partial charge in [-0.1, -0.05) is 36.4 Å². The Hall–Kier alpha value is -2.06. The first kappa shape index (κ1) is 10.7. The molecule has 2 aromatic carbocycles. The van der Waals surface area contributed by atoms with Crippen LogP contribution in [0.15, 0.2) is 48.7 Å². The van der Waals surface area contributed by atoms with Gasteiger partial charge in [-0.15, -0.1) is 0 Å². The van der Waals surface area contributed by atoms with Gasteiger partial charge >= 0.3 is 0 Å². The first-order valence-electron chi connectivity index (χ1n) is 7.32. The summed E-state index contributed by atoms with van der Waals surface area (Å²) in [5.74, 6) is 0.493. The summed E-state index contributed by atoms with van der Waals surface area (Å²) in [6.45, 7) is 0.993. The van der Waals surface area contributed by atoms with E-state index in [1.54, 1.807) is 0 Å². The van der Waals surface area contributed by atoms with Gasteiger partial charge in [-0.2, -0.15) is 0 Å². The molecule has 2 nitrogen and oxygen atoms in total. The maximum atomic E-state index is 3.74. The van der Waals surface area contributed by atoms with Crippen molar-refractivity contribution in [1.29, 1.82) is 0 Å². The minimum absolute atomic E-state index is 0.493. The van der Waals surface area contributed by atoms with Gasteiger partial charge in [0, 0.05) is 35.6 Å². The van der Waals surface area contributed by atoms with E-state index in [4.69, 9.17) is 0 Å². The van der Waals surface area contributed by atoms with Crippen LogP contribution in [0.2, 0.25) is 0 Å². The second-order valence-electron chi connectivity index (χ2n) is 5.95. The highest BCUT2D eigenvalue weighted by Gasteiger charge is 2.35. The zero-order valence-corrected chi connectivity index (χ0v) is 11.2. The maximum Gasteiger partial charge on any atom is 0.0459 e. The second-order valence-corrected chi connectivity index (χ2v) is 5.95. The lowest BCUT2D eigenvalue weighted by molar-refractivity contribution is 0.429. The third-order valence-corrected chi connectivity index (χ3v) is 4.94. The number of aromatic nitrogens is 1. The van der Waals surface area contributed by atoms with Crippen LogP contribution in [0.5, 0.6) is 0 Å². The van der Waals surface area contributed by atoms with Crippen molar-refractivity contribution in [2.75, 3.05) is 0 Å². The number of nitrogens with one attached hydrogen (secondary N) is 2. The van der Waals surface area contributed by atoms with Gasteiger partial charge < -0.3 is 10.3 Å². The number of H-pyrrole nitrogens is 1. The summed E-state index contributed by atoms with van der Waals surface area (Å²) >= 11 is 0. The molecule has 2 atom stereocenters. The van der Waals surface area contributed by atoms with Crippen LogP contribution >= 0.6 is 0 Å². The lowest BCUT2D eigenvalue weighted by atomic mass is 9.73. The van der Waals surface area contributed by atoms with Crippen molar-refractivity contribution < 1.29 is 0 Å². The molecule has 1 aliphatic carbocycles. The lowest BCUT2D eigenvalue weighted by Crippen LogP contribution is -2.42. The Kier molecular flexibility index (Phi) is 2.00. The molecular weight excluding hydrogens is 244 g/mol. The average Bonchev–Trinajstić information content (AvgIpc) is 2.92. The number of aromatic amines is 1. The van der Waals surface area contributed by atoms with Crippen LogP contribution in [-0.4, -0.2) is 11.0 Å². The van der Waals surface area contributed by atoms with Crippen LogP contribution in [0.25, 0.3) is 10.9 Å². The molecule has 1 aliphatic heterocycles. The molecule has 2 N–H and O–H groups in total. The summed E-state index contributed by atoms with van der Waals surface area (Å²) in [4.78, 5) is 3.43. The molecule has 0 unspecified atom stereocenters. The number of benzene rings is 2. The summed E-state index contributed by atoms with van der Waals surface area (Å²) < 4.78 is 0. The van der Waals surface area contributed by atoms with Crippen LogP contribution in [0.3, 0.4) is 0 Å². The fourth-order valence-electron chi connectivity index (χ4n) is 4.09. The molecule has 0 saturated heterocycles. The van der Waals surface area contributed by atoms with Crippen molar-refractivity contribution in [3.63, 3.8) is 0 Å². The van der Waals surface area contributed by atoms with E-state index in [1.807, 2.05) is 0 Å². The highest BCUT2D eigenvalue weighted by molar-refractivity contribution is 5.89. The molecule has 0 amide bonds. The Morgan fingerprint density at radius 2 is 1.80 bits per heavy atom. The fourth-order valence-corrected chi connectivity index (χ4v) is 4.09. The summed E-state index contributed by atoms with van der Waals surface area (Å²) in [5.41, 5.74) is 7.18. The number of fused-ring (bicyclic) bond motifs is 4. The van der Waals surface area contributed by atoms with E-state index in [-0.39, 0.29) is 0 Å². The molecule has 0 saturated carbocycles. The zero-order valence-electron chi connectivity index (χ0n) is 11.2. The molecule has 3 aromatic rings. The predicted octanol–water partition coefficient (Wildman–Crippen LogP) is 3.33. The van der Waals surface area contributed by atoms with Gasteiger partial charge in [0.2, 0.25) is 0 Å². The van der Waals surface area contributed by atoms with Crippen molar-refractivity contribution in [1.82, 2.24) is 10.3 Å². The molecule has 0 bridgehead atoms. The van der Waals surface area contributed by atoms with Gasteiger partial charge in [-0.3, -0.25) is 0 Å². The monoisotopic (exact) mass is 260 g/mol. The normalized spacial score (nSPS) is 23.4. The molecule has 0 fully saturated rings. The first-order valence-corrected chi connectivity index (χ1v) is 7.32. The molecule has 2 aliphatic rings. The Balaban J connectivity index is 1.83. The predicted molar refractivity (Wildman–Crippen MR) is 80.9 cm³/mol. The van der Waals surface area contributed by atoms with Crippen LogP contribution < -0.4 is 5.32 Å². The summed E-state index contributed by atoms with van der Waals surface area (Å²) in [5, 5.41) is 5.19. The third-order valence-electron chi connectivity index (χ3n) is 4.94. The molecule has 98 valence electrons. The van der Waals surface area contributed by atoms with Crippen molar-refractivity contribution in [3.05, 3.63) is 70.9 Å². The lowest BCUT2D eigenvalue weighted by Gasteiger charge is -2.38. The topological polar surface area (TPSA) is 27.8 Å². The molecule has 2 heterocycles. The van der Waals surface area contributed by atoms with Crippen LogP contribution in [-0.2, 0) is 13.0 Å². The van der Waals surface area contributed by atoms with E-state index in [2.05, 4.69) is 59.0 Å². The molecular formula is C18H16N2. The average molecular weight is 260 g/mol. The highest BCUT2D eigenvalue weighted by atomic mass is 14.9. The standard InChI is InChI=1S/C18H16N2/c1-2-5-13-11(4-1)9-20-16-8-12-10-19-15-7-3-6-14(17(12)15)18(13)16/h1-7,10,16,18-20H,8-9H2/t16-,18+/m1/s1. The Morgan fingerprint density at radius 3 is 2.80 bits per heavy atom. The number of hydrogen-bond donors (Lipinski definition) is 2. The summed E-state index contributed by atoms with van der Waals surface area (Å²) in [6.07, 6.45) is 3.31. The van der Waals surface area contributed by atoms with Gasteiger partial charge in [0.1, 0.15) is 0 Å². The van der Waals surface area contributed by atoms with Crippen molar-refractivity contribution in [3.8, 4) is 0 Å². The number of rotatable bonds is 0. The van der Waals surface area contributed by atoms with E-state index >= 15 is 0 Å². The van der Waals surface area contributed by atoms with E-state index in [9.17, 15) is 0 Å². The van der Waals surface area contributed by atoms with E-state index in [0.29, 0.717) is 12.0 Å². The first-order chi connectivity index (χ1) is 9.92. The Morgan fingerprint density at radius 1 is 0.900 bits per heavy atom. The van der Waals surface area contributed by atoms with Gasteiger partial charge in [-0.05, 0) is 34.7 Å². The van der Waals surface area contributed by atoms with E-state index < -0.39 is 0 Å². The SMILES string of the molecule is c1ccc2c(c1)CN[C@@H]1Cc3c[nH]c4cccc(c34)[C@H]21. The van der Waals surface area contributed by atoms with Crippen molar-refractivity contribution >= 4 is 10.9 Å². The van der Waals surface area contributed by atoms with Gasteiger partial charge in [0.05, 0.1) is 0 Å². The van der Waals surface area contributed by atoms with Gasteiger partial charge in [0.25, 0.3) is 0 Å².